The van der Waals surface area contributed by atoms with Crippen molar-refractivity contribution >= 4 is 17.3 Å². The van der Waals surface area contributed by atoms with Gasteiger partial charge in [0, 0.05) is 10.7 Å². The summed E-state index contributed by atoms with van der Waals surface area (Å²) in [6.45, 7) is 3.51. The van der Waals surface area contributed by atoms with Crippen molar-refractivity contribution in [1.29, 1.82) is 0 Å². The maximum Gasteiger partial charge on any atom is 0.0954 e. The fourth-order valence-corrected chi connectivity index (χ4v) is 1.24. The van der Waals surface area contributed by atoms with Gasteiger partial charge in [-0.2, -0.15) is 0 Å². The Balaban J connectivity index is 2.79. The molecule has 1 unspecified atom stereocenters. The molecular weight excluding hydrogens is 210 g/mol. The summed E-state index contributed by atoms with van der Waals surface area (Å²) < 4.78 is 0. The number of nitrogens with one attached hydrogen (secondary N) is 1. The summed E-state index contributed by atoms with van der Waals surface area (Å²) in [6, 6.07) is 7.25. The fourth-order valence-electron chi connectivity index (χ4n) is 1.12. The molecule has 0 aromatic heterocycles. The summed E-state index contributed by atoms with van der Waals surface area (Å²) in [6.07, 6.45) is 2.90. The lowest BCUT2D eigenvalue weighted by atomic mass is 10.1. The lowest BCUT2D eigenvalue weighted by Crippen LogP contribution is -2.31. The molecule has 0 spiro atoms. The van der Waals surface area contributed by atoms with Crippen molar-refractivity contribution in [3.8, 4) is 0 Å². The van der Waals surface area contributed by atoms with E-state index in [9.17, 15) is 0 Å². The van der Waals surface area contributed by atoms with Crippen LogP contribution >= 0.6 is 11.6 Å². The highest BCUT2D eigenvalue weighted by atomic mass is 35.5. The molecule has 0 aliphatic rings. The first kappa shape index (κ1) is 11.6. The van der Waals surface area contributed by atoms with Crippen molar-refractivity contribution in [2.45, 2.75) is 6.17 Å². The Morgan fingerprint density at radius 3 is 2.53 bits per heavy atom. The molecule has 0 saturated heterocycles. The average Bonchev–Trinajstić information content (AvgIpc) is 2.18. The molecule has 4 heteroatoms. The van der Waals surface area contributed by atoms with Gasteiger partial charge in [0.25, 0.3) is 0 Å². The van der Waals surface area contributed by atoms with Gasteiger partial charge >= 0.3 is 0 Å². The van der Waals surface area contributed by atoms with Gasteiger partial charge in [-0.3, -0.25) is 0 Å². The molecule has 3 nitrogen and oxygen atoms in total. The van der Waals surface area contributed by atoms with Gasteiger partial charge in [0.1, 0.15) is 0 Å². The third-order valence-electron chi connectivity index (χ3n) is 1.85. The van der Waals surface area contributed by atoms with Crippen molar-refractivity contribution < 1.29 is 0 Å². The number of hydrogen-bond acceptors (Lipinski definition) is 3. The van der Waals surface area contributed by atoms with Crippen LogP contribution in [0.5, 0.6) is 0 Å². The first-order valence-corrected chi connectivity index (χ1v) is 4.87. The minimum absolute atomic E-state index is 0.335. The molecule has 0 radical (unpaired) electrons. The van der Waals surface area contributed by atoms with Crippen LogP contribution in [0, 0.1) is 0 Å². The van der Waals surface area contributed by atoms with Gasteiger partial charge in [0.15, 0.2) is 0 Å². The molecule has 1 aromatic carbocycles. The Morgan fingerprint density at radius 1 is 1.40 bits per heavy atom. The highest BCUT2D eigenvalue weighted by Crippen LogP contribution is 2.13. The Hall–Kier alpha value is -1.45. The van der Waals surface area contributed by atoms with Crippen molar-refractivity contribution in [1.82, 2.24) is 5.32 Å². The van der Waals surface area contributed by atoms with Crippen molar-refractivity contribution in [3.05, 3.63) is 53.7 Å². The van der Waals surface area contributed by atoms with Gasteiger partial charge < -0.3 is 16.8 Å². The molecule has 0 heterocycles. The van der Waals surface area contributed by atoms with E-state index in [1.807, 2.05) is 12.1 Å². The summed E-state index contributed by atoms with van der Waals surface area (Å²) in [7, 11) is 0. The van der Waals surface area contributed by atoms with Gasteiger partial charge in [-0.05, 0) is 30.0 Å². The highest BCUT2D eigenvalue weighted by molar-refractivity contribution is 6.30. The van der Waals surface area contributed by atoms with E-state index >= 15 is 0 Å². The van der Waals surface area contributed by atoms with E-state index in [0.29, 0.717) is 10.7 Å². The number of rotatable bonds is 4. The second-order valence-corrected chi connectivity index (χ2v) is 3.46. The largest absolute Gasteiger partial charge is 0.398 e. The summed E-state index contributed by atoms with van der Waals surface area (Å²) in [5.74, 6) is 0. The SMILES string of the molecule is C=CNC(N)/C=C(\N)c1ccc(Cl)cc1. The standard InChI is InChI=1S/C11H14ClN3/c1-2-15-11(14)7-10(13)8-3-5-9(12)6-4-8/h2-7,11,15H,1,13-14H2/b10-7-. The number of hydrogen-bond donors (Lipinski definition) is 3. The summed E-state index contributed by atoms with van der Waals surface area (Å²) in [5.41, 5.74) is 13.0. The van der Waals surface area contributed by atoms with Gasteiger partial charge in [-0.15, -0.1) is 0 Å². The molecule has 0 amide bonds. The summed E-state index contributed by atoms with van der Waals surface area (Å²) in [4.78, 5) is 0. The monoisotopic (exact) mass is 223 g/mol. The van der Waals surface area contributed by atoms with Gasteiger partial charge in [0.05, 0.1) is 6.17 Å². The molecule has 0 bridgehead atoms. The van der Waals surface area contributed by atoms with E-state index in [-0.39, 0.29) is 6.17 Å². The van der Waals surface area contributed by atoms with E-state index in [4.69, 9.17) is 23.1 Å². The fraction of sp³-hybridized carbons (Fsp3) is 0.0909. The van der Waals surface area contributed by atoms with Crippen LogP contribution in [0.25, 0.3) is 5.70 Å². The van der Waals surface area contributed by atoms with Crippen LogP contribution in [-0.4, -0.2) is 6.17 Å². The normalized spacial score (nSPS) is 13.3. The van der Waals surface area contributed by atoms with Gasteiger partial charge in [-0.25, -0.2) is 0 Å². The zero-order chi connectivity index (χ0) is 11.3. The Bertz CT molecular complexity index is 357. The molecule has 1 rings (SSSR count). The zero-order valence-electron chi connectivity index (χ0n) is 8.28. The molecule has 80 valence electrons. The number of nitrogens with two attached hydrogens (primary N) is 2. The Kier molecular flexibility index (Phi) is 4.21. The maximum atomic E-state index is 5.84. The van der Waals surface area contributed by atoms with Gasteiger partial charge in [-0.1, -0.05) is 30.3 Å². The number of halogens is 1. The van der Waals surface area contributed by atoms with E-state index < -0.39 is 0 Å². The minimum Gasteiger partial charge on any atom is -0.398 e. The second-order valence-electron chi connectivity index (χ2n) is 3.03. The van der Waals surface area contributed by atoms with Crippen molar-refractivity contribution in [2.24, 2.45) is 11.5 Å². The molecule has 15 heavy (non-hydrogen) atoms. The molecule has 0 fully saturated rings. The topological polar surface area (TPSA) is 64.1 Å². The number of benzene rings is 1. The first-order chi connectivity index (χ1) is 7.13. The molecular formula is C11H14ClN3. The summed E-state index contributed by atoms with van der Waals surface area (Å²) >= 11 is 5.76. The predicted octanol–water partition coefficient (Wildman–Crippen LogP) is 1.66. The van der Waals surface area contributed by atoms with Crippen molar-refractivity contribution in [2.75, 3.05) is 0 Å². The lowest BCUT2D eigenvalue weighted by molar-refractivity contribution is 0.737. The molecule has 0 saturated carbocycles. The van der Waals surface area contributed by atoms with Crippen LogP contribution in [0.1, 0.15) is 5.56 Å². The van der Waals surface area contributed by atoms with Crippen LogP contribution in [0.3, 0.4) is 0 Å². The predicted molar refractivity (Wildman–Crippen MR) is 64.9 cm³/mol. The maximum absolute atomic E-state index is 5.84. The Labute approximate surface area is 94.4 Å². The second kappa shape index (κ2) is 5.44. The minimum atomic E-state index is -0.335. The molecule has 5 N–H and O–H groups in total. The van der Waals surface area contributed by atoms with E-state index in [0.717, 1.165) is 5.56 Å². The third-order valence-corrected chi connectivity index (χ3v) is 2.10. The third kappa shape index (κ3) is 3.65. The molecule has 1 atom stereocenters. The van der Waals surface area contributed by atoms with Gasteiger partial charge in [0.2, 0.25) is 0 Å². The highest BCUT2D eigenvalue weighted by Gasteiger charge is 1.99. The van der Waals surface area contributed by atoms with Crippen LogP contribution in [-0.2, 0) is 0 Å². The van der Waals surface area contributed by atoms with E-state index in [1.54, 1.807) is 18.2 Å². The molecule has 0 aliphatic heterocycles. The van der Waals surface area contributed by atoms with Crippen LogP contribution in [0.2, 0.25) is 5.02 Å². The van der Waals surface area contributed by atoms with Crippen molar-refractivity contribution in [3.63, 3.8) is 0 Å². The average molecular weight is 224 g/mol. The Morgan fingerprint density at radius 2 is 2.00 bits per heavy atom. The molecule has 1 aromatic rings. The van der Waals surface area contributed by atoms with Crippen LogP contribution in [0.4, 0.5) is 0 Å². The van der Waals surface area contributed by atoms with Crippen LogP contribution in [0.15, 0.2) is 43.1 Å². The first-order valence-electron chi connectivity index (χ1n) is 4.49. The smallest absolute Gasteiger partial charge is 0.0954 e. The lowest BCUT2D eigenvalue weighted by Gasteiger charge is -2.08. The van der Waals surface area contributed by atoms with E-state index in [1.165, 1.54) is 6.20 Å². The zero-order valence-corrected chi connectivity index (χ0v) is 9.04. The van der Waals surface area contributed by atoms with E-state index in [2.05, 4.69) is 11.9 Å². The van der Waals surface area contributed by atoms with Crippen LogP contribution < -0.4 is 16.8 Å². The quantitative estimate of drug-likeness (QED) is 0.681. The summed E-state index contributed by atoms with van der Waals surface area (Å²) in [5, 5.41) is 3.50. The molecule has 0 aliphatic carbocycles.